The number of carbonyl (C=O) groups is 2. The number of hydrogen-bond acceptors (Lipinski definition) is 5. The lowest BCUT2D eigenvalue weighted by Gasteiger charge is -2.33. The Hall–Kier alpha value is -1.62. The average Bonchev–Trinajstić information content (AvgIpc) is 2.81. The molecule has 2 aliphatic carbocycles. The van der Waals surface area contributed by atoms with Gasteiger partial charge in [-0.15, -0.1) is 0 Å². The van der Waals surface area contributed by atoms with Crippen molar-refractivity contribution in [3.63, 3.8) is 0 Å². The summed E-state index contributed by atoms with van der Waals surface area (Å²) in [5.41, 5.74) is 1.67. The molecule has 1 heterocycles. The zero-order valence-electron chi connectivity index (χ0n) is 13.2. The SMILES string of the molecule is C=C1C(=O)O[C@H]2[C@H]1[C@H](OC(C)=O)CC(C)=C1CC[C@@](C)(O)[C@@H]12. The Labute approximate surface area is 130 Å². The molecule has 1 aliphatic heterocycles. The minimum Gasteiger partial charge on any atom is -0.461 e. The summed E-state index contributed by atoms with van der Waals surface area (Å²) in [4.78, 5) is 23.4. The molecular formula is C17H22O5. The summed E-state index contributed by atoms with van der Waals surface area (Å²) in [7, 11) is 0. The second kappa shape index (κ2) is 4.95. The molecule has 1 N–H and O–H groups in total. The topological polar surface area (TPSA) is 72.8 Å². The van der Waals surface area contributed by atoms with Gasteiger partial charge >= 0.3 is 11.9 Å². The van der Waals surface area contributed by atoms with E-state index in [0.717, 1.165) is 17.6 Å². The Kier molecular flexibility index (Phi) is 3.44. The first-order valence-corrected chi connectivity index (χ1v) is 7.70. The second-order valence-corrected chi connectivity index (χ2v) is 6.91. The normalized spacial score (nSPS) is 40.9. The minimum atomic E-state index is -0.921. The molecule has 0 aromatic rings. The maximum Gasteiger partial charge on any atom is 0.334 e. The third-order valence-electron chi connectivity index (χ3n) is 5.31. The average molecular weight is 306 g/mol. The van der Waals surface area contributed by atoms with Crippen molar-refractivity contribution >= 4 is 11.9 Å². The molecule has 0 bridgehead atoms. The highest BCUT2D eigenvalue weighted by molar-refractivity contribution is 5.91. The van der Waals surface area contributed by atoms with E-state index in [0.29, 0.717) is 18.4 Å². The number of aliphatic hydroxyl groups is 1. The molecule has 120 valence electrons. The quantitative estimate of drug-likeness (QED) is 0.455. The first kappa shape index (κ1) is 15.3. The number of rotatable bonds is 1. The molecule has 0 aromatic carbocycles. The standard InChI is InChI=1S/C17H22O5/c1-8-7-12(21-10(3)18)13-9(2)16(19)22-15(13)14-11(8)5-6-17(14,4)20/h12-15,20H,2,5-7H2,1,3-4H3/t12-,13-,14+,15+,17-/m1/s1. The fourth-order valence-corrected chi connectivity index (χ4v) is 4.31. The summed E-state index contributed by atoms with van der Waals surface area (Å²) in [5, 5.41) is 10.8. The number of hydrogen-bond donors (Lipinski definition) is 1. The molecule has 0 spiro atoms. The van der Waals surface area contributed by atoms with E-state index in [1.165, 1.54) is 6.92 Å². The van der Waals surface area contributed by atoms with Crippen LogP contribution < -0.4 is 0 Å². The van der Waals surface area contributed by atoms with Gasteiger partial charge in [0.15, 0.2) is 0 Å². The van der Waals surface area contributed by atoms with E-state index in [1.807, 2.05) is 6.92 Å². The molecule has 0 aromatic heterocycles. The van der Waals surface area contributed by atoms with Crippen LogP contribution in [-0.2, 0) is 19.1 Å². The van der Waals surface area contributed by atoms with Crippen molar-refractivity contribution < 1.29 is 24.2 Å². The van der Waals surface area contributed by atoms with Crippen LogP contribution in [0.3, 0.4) is 0 Å². The van der Waals surface area contributed by atoms with Crippen molar-refractivity contribution in [1.29, 1.82) is 0 Å². The summed E-state index contributed by atoms with van der Waals surface area (Å²) in [5.74, 6) is -1.47. The van der Waals surface area contributed by atoms with E-state index in [-0.39, 0.29) is 11.9 Å². The zero-order valence-corrected chi connectivity index (χ0v) is 13.2. The van der Waals surface area contributed by atoms with Gasteiger partial charge < -0.3 is 14.6 Å². The molecule has 0 unspecified atom stereocenters. The molecule has 1 saturated carbocycles. The van der Waals surface area contributed by atoms with Crippen LogP contribution in [0.15, 0.2) is 23.3 Å². The van der Waals surface area contributed by atoms with Crippen molar-refractivity contribution in [2.45, 2.75) is 57.8 Å². The van der Waals surface area contributed by atoms with Gasteiger partial charge in [-0.3, -0.25) is 4.79 Å². The van der Waals surface area contributed by atoms with Crippen molar-refractivity contribution in [3.8, 4) is 0 Å². The predicted molar refractivity (Wildman–Crippen MR) is 78.7 cm³/mol. The third-order valence-corrected chi connectivity index (χ3v) is 5.31. The fourth-order valence-electron chi connectivity index (χ4n) is 4.31. The molecule has 5 heteroatoms. The molecule has 3 rings (SSSR count). The number of ether oxygens (including phenoxy) is 2. The monoisotopic (exact) mass is 306 g/mol. The summed E-state index contributed by atoms with van der Waals surface area (Å²) >= 11 is 0. The van der Waals surface area contributed by atoms with Gasteiger partial charge in [0.1, 0.15) is 12.2 Å². The number of esters is 2. The van der Waals surface area contributed by atoms with Crippen LogP contribution in [0, 0.1) is 11.8 Å². The Morgan fingerprint density at radius 3 is 2.82 bits per heavy atom. The summed E-state index contributed by atoms with van der Waals surface area (Å²) in [6.07, 6.45) is 1.02. The van der Waals surface area contributed by atoms with Crippen molar-refractivity contribution in [1.82, 2.24) is 0 Å². The van der Waals surface area contributed by atoms with E-state index in [4.69, 9.17) is 9.47 Å². The maximum absolute atomic E-state index is 12.0. The van der Waals surface area contributed by atoms with Gasteiger partial charge in [-0.2, -0.15) is 0 Å². The van der Waals surface area contributed by atoms with Gasteiger partial charge in [0.25, 0.3) is 0 Å². The van der Waals surface area contributed by atoms with Gasteiger partial charge in [-0.25, -0.2) is 4.79 Å². The number of fused-ring (bicyclic) bond motifs is 3. The van der Waals surface area contributed by atoms with E-state index in [2.05, 4.69) is 6.58 Å². The summed E-state index contributed by atoms with van der Waals surface area (Å²) < 4.78 is 11.0. The Morgan fingerprint density at radius 1 is 1.50 bits per heavy atom. The van der Waals surface area contributed by atoms with Gasteiger partial charge in [-0.05, 0) is 26.7 Å². The fraction of sp³-hybridized carbons (Fsp3) is 0.647. The maximum atomic E-state index is 12.0. The predicted octanol–water partition coefficient (Wildman–Crippen LogP) is 1.90. The molecule has 5 nitrogen and oxygen atoms in total. The summed E-state index contributed by atoms with van der Waals surface area (Å²) in [6, 6.07) is 0. The number of carbonyl (C=O) groups excluding carboxylic acids is 2. The van der Waals surface area contributed by atoms with Crippen molar-refractivity contribution in [3.05, 3.63) is 23.3 Å². The molecular weight excluding hydrogens is 284 g/mol. The molecule has 0 radical (unpaired) electrons. The van der Waals surface area contributed by atoms with E-state index >= 15 is 0 Å². The first-order valence-electron chi connectivity index (χ1n) is 7.70. The molecule has 5 atom stereocenters. The lowest BCUT2D eigenvalue weighted by molar-refractivity contribution is -0.152. The van der Waals surface area contributed by atoms with Crippen molar-refractivity contribution in [2.24, 2.45) is 11.8 Å². The van der Waals surface area contributed by atoms with Gasteiger partial charge in [-0.1, -0.05) is 17.7 Å². The van der Waals surface area contributed by atoms with Crippen LogP contribution in [0.5, 0.6) is 0 Å². The largest absolute Gasteiger partial charge is 0.461 e. The first-order chi connectivity index (χ1) is 10.2. The smallest absolute Gasteiger partial charge is 0.334 e. The minimum absolute atomic E-state index is 0.249. The highest BCUT2D eigenvalue weighted by Crippen LogP contribution is 2.52. The van der Waals surface area contributed by atoms with E-state index in [1.54, 1.807) is 6.92 Å². The Morgan fingerprint density at radius 2 is 2.18 bits per heavy atom. The third kappa shape index (κ3) is 2.19. The van der Waals surface area contributed by atoms with Crippen LogP contribution in [0.2, 0.25) is 0 Å². The molecule has 2 fully saturated rings. The van der Waals surface area contributed by atoms with Gasteiger partial charge in [0.2, 0.25) is 0 Å². The van der Waals surface area contributed by atoms with Crippen LogP contribution in [0.4, 0.5) is 0 Å². The van der Waals surface area contributed by atoms with Crippen LogP contribution in [0.1, 0.15) is 40.0 Å². The lowest BCUT2D eigenvalue weighted by atomic mass is 9.78. The lowest BCUT2D eigenvalue weighted by Crippen LogP contribution is -2.43. The van der Waals surface area contributed by atoms with Crippen molar-refractivity contribution in [2.75, 3.05) is 0 Å². The Balaban J connectivity index is 2.08. The zero-order chi connectivity index (χ0) is 16.2. The van der Waals surface area contributed by atoms with Gasteiger partial charge in [0, 0.05) is 24.8 Å². The second-order valence-electron chi connectivity index (χ2n) is 6.91. The van der Waals surface area contributed by atoms with Crippen LogP contribution in [-0.4, -0.2) is 34.9 Å². The molecule has 1 saturated heterocycles. The Bertz CT molecular complexity index is 586. The molecule has 3 aliphatic rings. The van der Waals surface area contributed by atoms with E-state index in [9.17, 15) is 14.7 Å². The van der Waals surface area contributed by atoms with E-state index < -0.39 is 29.7 Å². The van der Waals surface area contributed by atoms with Crippen LogP contribution in [0.25, 0.3) is 0 Å². The van der Waals surface area contributed by atoms with Crippen LogP contribution >= 0.6 is 0 Å². The van der Waals surface area contributed by atoms with Gasteiger partial charge in [0.05, 0.1) is 11.5 Å². The summed E-state index contributed by atoms with van der Waals surface area (Å²) in [6.45, 7) is 8.99. The highest BCUT2D eigenvalue weighted by atomic mass is 16.6. The molecule has 0 amide bonds. The molecule has 22 heavy (non-hydrogen) atoms. The highest BCUT2D eigenvalue weighted by Gasteiger charge is 2.57.